The van der Waals surface area contributed by atoms with E-state index in [-0.39, 0.29) is 5.82 Å². The number of carboxylic acids is 1. The summed E-state index contributed by atoms with van der Waals surface area (Å²) in [4.78, 5) is 41.6. The van der Waals surface area contributed by atoms with Crippen molar-refractivity contribution in [3.63, 3.8) is 0 Å². The van der Waals surface area contributed by atoms with E-state index in [2.05, 4.69) is 25.2 Å². The molecule has 206 valence electrons. The fourth-order valence-corrected chi connectivity index (χ4v) is 4.96. The molecule has 2 rings (SSSR count). The van der Waals surface area contributed by atoms with Gasteiger partial charge in [0, 0.05) is 11.1 Å². The number of anilines is 1. The number of carbonyl (C=O) groups is 2. The lowest BCUT2D eigenvalue weighted by atomic mass is 10.1. The van der Waals surface area contributed by atoms with Gasteiger partial charge in [0.05, 0.1) is 12.7 Å². The summed E-state index contributed by atoms with van der Waals surface area (Å²) in [6.07, 6.45) is -5.96. The van der Waals surface area contributed by atoms with Gasteiger partial charge in [0.15, 0.2) is 12.4 Å². The van der Waals surface area contributed by atoms with Crippen LogP contribution in [0.1, 0.15) is 33.9 Å². The van der Waals surface area contributed by atoms with Gasteiger partial charge >= 0.3 is 25.3 Å². The van der Waals surface area contributed by atoms with Crippen LogP contribution in [0.4, 0.5) is 10.2 Å². The summed E-state index contributed by atoms with van der Waals surface area (Å²) in [7, 11) is -4.53. The monoisotopic (exact) mass is 550 g/mol. The summed E-state index contributed by atoms with van der Waals surface area (Å²) < 4.78 is 44.9. The van der Waals surface area contributed by atoms with Gasteiger partial charge in [-0.05, 0) is 39.3 Å². The number of aliphatic hydroxyl groups excluding tert-OH is 1. The highest BCUT2D eigenvalue weighted by molar-refractivity contribution is 7.54. The Morgan fingerprint density at radius 1 is 1.41 bits per heavy atom. The van der Waals surface area contributed by atoms with E-state index < -0.39 is 74.3 Å². The highest BCUT2D eigenvalue weighted by atomic mass is 31.2. The topological polar surface area (TPSA) is 253 Å². The summed E-state index contributed by atoms with van der Waals surface area (Å²) in [5.41, 5.74) is 10.8. The normalized spacial score (nSPS) is 26.6. The molecule has 17 nitrogen and oxygen atoms in total. The Labute approximate surface area is 209 Å². The van der Waals surface area contributed by atoms with Gasteiger partial charge in [0.25, 0.3) is 0 Å². The van der Waals surface area contributed by atoms with Crippen LogP contribution >= 0.6 is 7.67 Å². The standard InChI is InChI=1S/C18H28FN8O9P/c1-8(2)35-16(31)10(4)24-37(33,23-9(3)15(29)30)34-7-18(25-26-21)13(28)12(19)14(36-18)27-6-5-11(20)22-17(27)32/h5-6,8-10,12-14,28H,7H2,1-4H3,(H,29,30)(H2,20,22,32)(H2,23,24,33)/t9-,10+,12-,13+,14-,18-,37?/m0/s1. The molecule has 37 heavy (non-hydrogen) atoms. The predicted octanol–water partition coefficient (Wildman–Crippen LogP) is 0.177. The van der Waals surface area contributed by atoms with Crippen LogP contribution in [0.2, 0.25) is 0 Å². The number of hydrogen-bond donors (Lipinski definition) is 5. The smallest absolute Gasteiger partial charge is 0.351 e. The zero-order valence-electron chi connectivity index (χ0n) is 20.2. The van der Waals surface area contributed by atoms with Gasteiger partial charge in [0.2, 0.25) is 5.72 Å². The maximum Gasteiger partial charge on any atom is 0.351 e. The Hall–Kier alpha value is -3.11. The summed E-state index contributed by atoms with van der Waals surface area (Å²) >= 11 is 0. The van der Waals surface area contributed by atoms with Crippen molar-refractivity contribution in [2.24, 2.45) is 5.11 Å². The van der Waals surface area contributed by atoms with E-state index in [1.807, 2.05) is 0 Å². The molecular weight excluding hydrogens is 522 g/mol. The van der Waals surface area contributed by atoms with Gasteiger partial charge in [-0.3, -0.25) is 18.7 Å². The van der Waals surface area contributed by atoms with Gasteiger partial charge in [-0.15, -0.1) is 0 Å². The summed E-state index contributed by atoms with van der Waals surface area (Å²) in [5, 5.41) is 27.5. The van der Waals surface area contributed by atoms with Crippen LogP contribution in [0.15, 0.2) is 22.2 Å². The Bertz CT molecular complexity index is 1160. The molecule has 0 radical (unpaired) electrons. The minimum Gasteiger partial charge on any atom is -0.480 e. The number of alkyl halides is 1. The first-order chi connectivity index (χ1) is 17.1. The van der Waals surface area contributed by atoms with Crippen molar-refractivity contribution in [1.29, 1.82) is 0 Å². The van der Waals surface area contributed by atoms with Gasteiger partial charge in [-0.25, -0.2) is 19.4 Å². The predicted molar refractivity (Wildman–Crippen MR) is 123 cm³/mol. The molecule has 1 aliphatic rings. The molecule has 7 atom stereocenters. The summed E-state index contributed by atoms with van der Waals surface area (Å²) in [5.74, 6) is -2.47. The van der Waals surface area contributed by atoms with Crippen LogP contribution < -0.4 is 21.6 Å². The Morgan fingerprint density at radius 3 is 2.57 bits per heavy atom. The van der Waals surface area contributed by atoms with Crippen LogP contribution in [-0.2, 0) is 28.2 Å². The summed E-state index contributed by atoms with van der Waals surface area (Å²) in [6, 6.07) is -1.63. The first kappa shape index (κ1) is 30.1. The molecule has 19 heteroatoms. The number of nitrogens with one attached hydrogen (secondary N) is 2. The zero-order chi connectivity index (χ0) is 28.1. The van der Waals surface area contributed by atoms with Crippen molar-refractivity contribution in [3.05, 3.63) is 33.2 Å². The third kappa shape index (κ3) is 7.23. The highest BCUT2D eigenvalue weighted by Gasteiger charge is 2.57. The number of rotatable bonds is 12. The minimum atomic E-state index is -4.53. The average molecular weight is 550 g/mol. The first-order valence-corrected chi connectivity index (χ1v) is 12.4. The SMILES string of the molecule is CC(C)OC(=O)[C@@H](C)NP(=O)(N[C@@H](C)C(=O)O)OC[C@]1(N=[N+]=[N-])O[C@H](n2ccc(N)nc2=O)[C@@H](F)[C@H]1O. The highest BCUT2D eigenvalue weighted by Crippen LogP contribution is 2.45. The van der Waals surface area contributed by atoms with Crippen LogP contribution in [0.25, 0.3) is 10.4 Å². The number of ether oxygens (including phenoxy) is 2. The van der Waals surface area contributed by atoms with E-state index >= 15 is 4.39 Å². The van der Waals surface area contributed by atoms with Crippen LogP contribution in [0, 0.1) is 0 Å². The molecule has 1 unspecified atom stereocenters. The summed E-state index contributed by atoms with van der Waals surface area (Å²) in [6.45, 7) is 4.41. The first-order valence-electron chi connectivity index (χ1n) is 10.8. The van der Waals surface area contributed by atoms with Crippen molar-refractivity contribution in [2.75, 3.05) is 12.3 Å². The Kier molecular flexibility index (Phi) is 9.73. The number of aliphatic carboxylic acids is 1. The number of carbonyl (C=O) groups excluding carboxylic acids is 1. The number of nitrogen functional groups attached to an aromatic ring is 1. The van der Waals surface area contributed by atoms with Gasteiger partial charge in [-0.1, -0.05) is 5.11 Å². The molecule has 2 heterocycles. The molecule has 1 aliphatic heterocycles. The van der Waals surface area contributed by atoms with Crippen molar-refractivity contribution in [1.82, 2.24) is 19.7 Å². The maximum absolute atomic E-state index is 15.1. The number of azide groups is 1. The molecule has 0 aliphatic carbocycles. The van der Waals surface area contributed by atoms with Crippen molar-refractivity contribution in [3.8, 4) is 0 Å². The lowest BCUT2D eigenvalue weighted by molar-refractivity contribution is -0.149. The fraction of sp³-hybridized carbons (Fsp3) is 0.667. The molecule has 1 aromatic rings. The molecule has 0 spiro atoms. The third-order valence-electron chi connectivity index (χ3n) is 4.96. The van der Waals surface area contributed by atoms with E-state index in [0.717, 1.165) is 19.2 Å². The van der Waals surface area contributed by atoms with E-state index in [4.69, 9.17) is 25.3 Å². The molecular formula is C18H28FN8O9P. The lowest BCUT2D eigenvalue weighted by Gasteiger charge is -2.30. The minimum absolute atomic E-state index is 0.171. The number of nitrogens with zero attached hydrogens (tertiary/aromatic N) is 5. The maximum atomic E-state index is 15.1. The number of halogens is 1. The molecule has 0 saturated carbocycles. The van der Waals surface area contributed by atoms with Crippen LogP contribution in [0.3, 0.4) is 0 Å². The van der Waals surface area contributed by atoms with Crippen molar-refractivity contribution < 1.29 is 42.8 Å². The number of nitrogens with two attached hydrogens (primary N) is 1. The van der Waals surface area contributed by atoms with Crippen LogP contribution in [-0.4, -0.2) is 74.5 Å². The van der Waals surface area contributed by atoms with Crippen molar-refractivity contribution in [2.45, 2.75) is 70.1 Å². The number of hydrogen-bond acceptors (Lipinski definition) is 11. The Balaban J connectivity index is 2.37. The number of aromatic nitrogens is 2. The number of carboxylic acid groups (broad SMARTS) is 1. The fourth-order valence-electron chi connectivity index (χ4n) is 3.13. The quantitative estimate of drug-likeness (QED) is 0.0766. The molecule has 0 amide bonds. The van der Waals surface area contributed by atoms with Crippen molar-refractivity contribution >= 4 is 25.4 Å². The number of esters is 1. The van der Waals surface area contributed by atoms with Crippen LogP contribution in [0.5, 0.6) is 0 Å². The van der Waals surface area contributed by atoms with E-state index in [0.29, 0.717) is 4.57 Å². The molecule has 1 saturated heterocycles. The molecule has 0 bridgehead atoms. The Morgan fingerprint density at radius 2 is 2.03 bits per heavy atom. The molecule has 6 N–H and O–H groups in total. The molecule has 1 aromatic heterocycles. The van der Waals surface area contributed by atoms with E-state index in [9.17, 15) is 29.2 Å². The second kappa shape index (κ2) is 12.0. The van der Waals surface area contributed by atoms with Gasteiger partial charge < -0.3 is 29.9 Å². The van der Waals surface area contributed by atoms with E-state index in [1.165, 1.54) is 6.92 Å². The lowest BCUT2D eigenvalue weighted by Crippen LogP contribution is -2.47. The molecule has 1 fully saturated rings. The zero-order valence-corrected chi connectivity index (χ0v) is 21.1. The van der Waals surface area contributed by atoms with E-state index in [1.54, 1.807) is 13.8 Å². The van der Waals surface area contributed by atoms with Gasteiger partial charge in [0.1, 0.15) is 24.0 Å². The second-order valence-electron chi connectivity index (χ2n) is 8.32. The van der Waals surface area contributed by atoms with Gasteiger partial charge in [-0.2, -0.15) is 4.98 Å². The largest absolute Gasteiger partial charge is 0.480 e. The second-order valence-corrected chi connectivity index (χ2v) is 10.2. The number of aliphatic hydroxyl groups is 1. The molecule has 0 aromatic carbocycles. The third-order valence-corrected chi connectivity index (χ3v) is 6.90. The average Bonchev–Trinajstić information content (AvgIpc) is 3.03.